The van der Waals surface area contributed by atoms with Crippen molar-refractivity contribution < 1.29 is 14.4 Å². The van der Waals surface area contributed by atoms with Crippen molar-refractivity contribution in [2.75, 3.05) is 7.05 Å². The van der Waals surface area contributed by atoms with Gasteiger partial charge in [0, 0.05) is 23.7 Å². The maximum Gasteiger partial charge on any atom is 0.234 e. The molecule has 204 valence electrons. The fraction of sp³-hybridized carbons (Fsp3) is 0.469. The maximum atomic E-state index is 11.2. The third kappa shape index (κ3) is 15.4. The highest BCUT2D eigenvalue weighted by atomic mass is 16.2. The van der Waals surface area contributed by atoms with Gasteiger partial charge in [-0.2, -0.15) is 0 Å². The van der Waals surface area contributed by atoms with Gasteiger partial charge in [0.25, 0.3) is 0 Å². The Labute approximate surface area is 225 Å². The Morgan fingerprint density at radius 3 is 1.43 bits per heavy atom. The number of carbonyl (C=O) groups excluding carboxylic acids is 3. The van der Waals surface area contributed by atoms with Gasteiger partial charge in [0.15, 0.2) is 5.78 Å². The first-order valence-corrected chi connectivity index (χ1v) is 12.9. The van der Waals surface area contributed by atoms with E-state index in [0.29, 0.717) is 5.41 Å². The van der Waals surface area contributed by atoms with Crippen LogP contribution in [0.3, 0.4) is 0 Å². The summed E-state index contributed by atoms with van der Waals surface area (Å²) in [7, 11) is 1.47. The lowest BCUT2D eigenvalue weighted by Gasteiger charge is -2.17. The molecular weight excluding hydrogens is 460 g/mol. The molecule has 37 heavy (non-hydrogen) atoms. The predicted octanol–water partition coefficient (Wildman–Crippen LogP) is 6.56. The number of hydrogen-bond donors (Lipinski definition) is 2. The molecule has 0 saturated carbocycles. The summed E-state index contributed by atoms with van der Waals surface area (Å²) in [6.07, 6.45) is 2.31. The molecule has 0 spiro atoms. The van der Waals surface area contributed by atoms with Crippen molar-refractivity contribution in [3.8, 4) is 11.8 Å². The number of ketones is 1. The Morgan fingerprint density at radius 2 is 1.19 bits per heavy atom. The van der Waals surface area contributed by atoms with E-state index in [0.717, 1.165) is 23.1 Å². The molecule has 3 N–H and O–H groups in total. The first-order chi connectivity index (χ1) is 17.2. The van der Waals surface area contributed by atoms with E-state index in [1.807, 2.05) is 50.2 Å². The molecule has 0 unspecified atom stereocenters. The normalized spacial score (nSPS) is 9.92. The number of hydrogen-bond acceptors (Lipinski definition) is 3. The number of nitrogens with one attached hydrogen (secondary N) is 1. The second-order valence-electron chi connectivity index (χ2n) is 9.92. The highest BCUT2D eigenvalue weighted by Crippen LogP contribution is 2.16. The summed E-state index contributed by atoms with van der Waals surface area (Å²) in [5.41, 5.74) is 8.35. The van der Waals surface area contributed by atoms with Crippen molar-refractivity contribution in [3.63, 3.8) is 0 Å². The fourth-order valence-electron chi connectivity index (χ4n) is 2.18. The molecule has 0 atom stereocenters. The van der Waals surface area contributed by atoms with Crippen LogP contribution in [0.4, 0.5) is 0 Å². The first kappa shape index (κ1) is 35.8. The number of benzene rings is 2. The van der Waals surface area contributed by atoms with Crippen molar-refractivity contribution in [1.29, 1.82) is 0 Å². The van der Waals surface area contributed by atoms with Crippen LogP contribution in [-0.4, -0.2) is 24.6 Å². The molecule has 0 saturated heterocycles. The lowest BCUT2D eigenvalue weighted by molar-refractivity contribution is -0.139. The minimum absolute atomic E-state index is 0.0784. The summed E-state index contributed by atoms with van der Waals surface area (Å²) >= 11 is 0. The Kier molecular flexibility index (Phi) is 17.3. The van der Waals surface area contributed by atoms with Crippen molar-refractivity contribution >= 4 is 17.6 Å². The zero-order valence-electron chi connectivity index (χ0n) is 24.8. The monoisotopic (exact) mass is 508 g/mol. The molecule has 0 heterocycles. The smallest absolute Gasteiger partial charge is 0.234 e. The molecule has 2 aromatic carbocycles. The van der Waals surface area contributed by atoms with Gasteiger partial charge >= 0.3 is 0 Å². The summed E-state index contributed by atoms with van der Waals surface area (Å²) in [6.45, 7) is 19.6. The number of nitrogens with two attached hydrogens (primary N) is 1. The van der Waals surface area contributed by atoms with Gasteiger partial charge in [-0.05, 0) is 62.4 Å². The molecule has 2 rings (SSSR count). The van der Waals surface area contributed by atoms with Crippen molar-refractivity contribution in [2.45, 2.75) is 82.1 Å². The van der Waals surface area contributed by atoms with Crippen LogP contribution in [0.25, 0.3) is 0 Å². The largest absolute Gasteiger partial charge is 0.369 e. The lowest BCUT2D eigenvalue weighted by Crippen LogP contribution is -2.44. The minimum atomic E-state index is -1.10. The van der Waals surface area contributed by atoms with Gasteiger partial charge in [-0.1, -0.05) is 91.0 Å². The van der Waals surface area contributed by atoms with Gasteiger partial charge in [0.1, 0.15) is 5.41 Å². The standard InChI is InChI=1S/C18H16O.C6H12N2O2.C6H14.C2H6/c1-3-15-4-6-16(7-5-15)8-9-17-10-12-18(13-11-17)14(2)19;1-6(2,4(7)9)5(10)8-3;1-5-6(2,3)4;1-2/h4-7,10-13H,3H2,1-2H3;1-3H3,(H2,7,9)(H,8,10);5H2,1-4H3;1-2H3. The van der Waals surface area contributed by atoms with Crippen LogP contribution < -0.4 is 11.1 Å². The third-order valence-electron chi connectivity index (χ3n) is 5.48. The summed E-state index contributed by atoms with van der Waals surface area (Å²) in [4.78, 5) is 32.6. The number of primary amides is 1. The molecule has 2 aromatic rings. The average Bonchev–Trinajstić information content (AvgIpc) is 2.88. The van der Waals surface area contributed by atoms with E-state index in [-0.39, 0.29) is 11.7 Å². The van der Waals surface area contributed by atoms with Crippen molar-refractivity contribution in [1.82, 2.24) is 5.32 Å². The highest BCUT2D eigenvalue weighted by Gasteiger charge is 2.32. The highest BCUT2D eigenvalue weighted by molar-refractivity contribution is 6.03. The molecule has 0 aliphatic heterocycles. The first-order valence-electron chi connectivity index (χ1n) is 12.9. The van der Waals surface area contributed by atoms with E-state index in [9.17, 15) is 14.4 Å². The number of aryl methyl sites for hydroxylation is 1. The molecule has 0 aromatic heterocycles. The lowest BCUT2D eigenvalue weighted by atomic mass is 9.92. The zero-order valence-corrected chi connectivity index (χ0v) is 24.8. The second-order valence-corrected chi connectivity index (χ2v) is 9.92. The molecule has 2 amide bonds. The molecule has 5 heteroatoms. The molecule has 0 bridgehead atoms. The Hall–Kier alpha value is -3.39. The van der Waals surface area contributed by atoms with Crippen LogP contribution in [0.15, 0.2) is 48.5 Å². The minimum Gasteiger partial charge on any atom is -0.369 e. The van der Waals surface area contributed by atoms with E-state index < -0.39 is 11.3 Å². The quantitative estimate of drug-likeness (QED) is 0.278. The van der Waals surface area contributed by atoms with Gasteiger partial charge in [-0.15, -0.1) is 0 Å². The summed E-state index contributed by atoms with van der Waals surface area (Å²) in [6, 6.07) is 15.7. The van der Waals surface area contributed by atoms with Gasteiger partial charge in [-0.3, -0.25) is 14.4 Å². The number of carbonyl (C=O) groups is 3. The average molecular weight is 509 g/mol. The van der Waals surface area contributed by atoms with Crippen LogP contribution in [0.2, 0.25) is 0 Å². The van der Waals surface area contributed by atoms with E-state index in [2.05, 4.69) is 63.9 Å². The predicted molar refractivity (Wildman–Crippen MR) is 156 cm³/mol. The van der Waals surface area contributed by atoms with E-state index in [1.165, 1.54) is 32.9 Å². The van der Waals surface area contributed by atoms with Crippen molar-refractivity contribution in [3.05, 3.63) is 70.8 Å². The van der Waals surface area contributed by atoms with Crippen LogP contribution in [0.1, 0.15) is 103 Å². The van der Waals surface area contributed by atoms with E-state index in [1.54, 1.807) is 6.92 Å². The van der Waals surface area contributed by atoms with Gasteiger partial charge in [0.05, 0.1) is 0 Å². The third-order valence-corrected chi connectivity index (χ3v) is 5.48. The Bertz CT molecular complexity index is 1020. The molecule has 0 aliphatic carbocycles. The van der Waals surface area contributed by atoms with Crippen LogP contribution in [0, 0.1) is 22.7 Å². The molecule has 0 fully saturated rings. The van der Waals surface area contributed by atoms with Gasteiger partial charge in [0.2, 0.25) is 11.8 Å². The summed E-state index contributed by atoms with van der Waals surface area (Å²) in [5.74, 6) is 5.33. The SMILES string of the molecule is CC.CCC(C)(C)C.CCc1ccc(C#Cc2ccc(C(C)=O)cc2)cc1.CNC(=O)C(C)(C)C(N)=O. The second kappa shape index (κ2) is 17.9. The molecule has 5 nitrogen and oxygen atoms in total. The van der Waals surface area contributed by atoms with Crippen LogP contribution >= 0.6 is 0 Å². The van der Waals surface area contributed by atoms with E-state index in [4.69, 9.17) is 5.73 Å². The summed E-state index contributed by atoms with van der Waals surface area (Å²) < 4.78 is 0. The zero-order chi connectivity index (χ0) is 29.2. The van der Waals surface area contributed by atoms with E-state index >= 15 is 0 Å². The Balaban J connectivity index is 0. The Morgan fingerprint density at radius 1 is 0.811 bits per heavy atom. The molecule has 0 radical (unpaired) electrons. The molecular formula is C32H48N2O3. The maximum absolute atomic E-state index is 11.2. The molecule has 0 aliphatic rings. The van der Waals surface area contributed by atoms with Gasteiger partial charge < -0.3 is 11.1 Å². The number of rotatable bonds is 4. The topological polar surface area (TPSA) is 89.3 Å². The fourth-order valence-corrected chi connectivity index (χ4v) is 2.18. The van der Waals surface area contributed by atoms with Crippen LogP contribution in [-0.2, 0) is 16.0 Å². The van der Waals surface area contributed by atoms with Crippen LogP contribution in [0.5, 0.6) is 0 Å². The van der Waals surface area contributed by atoms with Crippen molar-refractivity contribution in [2.24, 2.45) is 16.6 Å². The number of amides is 2. The van der Waals surface area contributed by atoms with Gasteiger partial charge in [-0.25, -0.2) is 0 Å². The number of Topliss-reactive ketones (excluding diaryl/α,β-unsaturated/α-hetero) is 1. The summed E-state index contributed by atoms with van der Waals surface area (Å²) in [5, 5.41) is 2.35.